The number of pyridine rings is 1. The number of nitrogens with one attached hydrogen (secondary N) is 1. The molecule has 88 valence electrons. The lowest BCUT2D eigenvalue weighted by atomic mass is 10.0. The van der Waals surface area contributed by atoms with E-state index in [0.717, 1.165) is 31.8 Å². The van der Waals surface area contributed by atoms with Crippen LogP contribution < -0.4 is 5.32 Å². The highest BCUT2D eigenvalue weighted by Gasteiger charge is 2.28. The van der Waals surface area contributed by atoms with Crippen LogP contribution in [0.5, 0.6) is 0 Å². The molecule has 3 nitrogen and oxygen atoms in total. The van der Waals surface area contributed by atoms with Crippen LogP contribution >= 0.6 is 0 Å². The maximum Gasteiger partial charge on any atom is 0.0779 e. The molecule has 2 rings (SSSR count). The van der Waals surface area contributed by atoms with Crippen molar-refractivity contribution in [1.29, 1.82) is 0 Å². The number of nitrogens with zero attached hydrogens (tertiary/aromatic N) is 1. The lowest BCUT2D eigenvalue weighted by molar-refractivity contribution is 0.0207. The Balaban J connectivity index is 1.77. The minimum Gasteiger partial charge on any atom is -0.374 e. The summed E-state index contributed by atoms with van der Waals surface area (Å²) < 4.78 is 5.72. The molecule has 1 aliphatic rings. The first-order chi connectivity index (χ1) is 7.68. The van der Waals surface area contributed by atoms with Crippen LogP contribution in [0.1, 0.15) is 31.0 Å². The molecule has 1 aliphatic heterocycles. The molecule has 1 saturated heterocycles. The maximum atomic E-state index is 5.72. The number of ether oxygens (including phenoxy) is 1. The smallest absolute Gasteiger partial charge is 0.0779 e. The van der Waals surface area contributed by atoms with E-state index < -0.39 is 0 Å². The van der Waals surface area contributed by atoms with Crippen molar-refractivity contribution >= 4 is 0 Å². The zero-order valence-corrected chi connectivity index (χ0v) is 10.1. The molecule has 0 saturated carbocycles. The van der Waals surface area contributed by atoms with Gasteiger partial charge in [0, 0.05) is 31.6 Å². The highest BCUT2D eigenvalue weighted by atomic mass is 16.5. The van der Waals surface area contributed by atoms with E-state index >= 15 is 0 Å². The van der Waals surface area contributed by atoms with Gasteiger partial charge in [0.1, 0.15) is 0 Å². The van der Waals surface area contributed by atoms with Crippen LogP contribution in [0.4, 0.5) is 0 Å². The van der Waals surface area contributed by atoms with Crippen LogP contribution in [-0.4, -0.2) is 23.7 Å². The van der Waals surface area contributed by atoms with Crippen LogP contribution in [0.2, 0.25) is 0 Å². The SMILES string of the molecule is Cc1ccc(CNCC2(C)CCCO2)cn1. The van der Waals surface area contributed by atoms with E-state index in [9.17, 15) is 0 Å². The molecule has 1 aromatic rings. The van der Waals surface area contributed by atoms with Gasteiger partial charge in [0.05, 0.1) is 5.60 Å². The Bertz CT molecular complexity index is 328. The molecule has 1 aromatic heterocycles. The minimum atomic E-state index is 0.0398. The lowest BCUT2D eigenvalue weighted by Crippen LogP contribution is -2.36. The molecule has 1 N–H and O–H groups in total. The predicted octanol–water partition coefficient (Wildman–Crippen LogP) is 2.05. The zero-order valence-electron chi connectivity index (χ0n) is 10.1. The first kappa shape index (κ1) is 11.6. The van der Waals surface area contributed by atoms with Crippen molar-refractivity contribution in [3.8, 4) is 0 Å². The number of aryl methyl sites for hydroxylation is 1. The van der Waals surface area contributed by atoms with E-state index in [1.807, 2.05) is 19.2 Å². The fraction of sp³-hybridized carbons (Fsp3) is 0.615. The summed E-state index contributed by atoms with van der Waals surface area (Å²) in [5.41, 5.74) is 2.33. The molecule has 0 aromatic carbocycles. The van der Waals surface area contributed by atoms with Gasteiger partial charge in [-0.2, -0.15) is 0 Å². The third-order valence-electron chi connectivity index (χ3n) is 3.10. The second-order valence-corrected chi connectivity index (χ2v) is 4.81. The Hall–Kier alpha value is -0.930. The van der Waals surface area contributed by atoms with Gasteiger partial charge in [-0.3, -0.25) is 4.98 Å². The molecule has 0 aliphatic carbocycles. The molecular weight excluding hydrogens is 200 g/mol. The number of hydrogen-bond donors (Lipinski definition) is 1. The van der Waals surface area contributed by atoms with E-state index in [2.05, 4.69) is 23.3 Å². The highest BCUT2D eigenvalue weighted by molar-refractivity contribution is 5.12. The Morgan fingerprint density at radius 3 is 3.00 bits per heavy atom. The van der Waals surface area contributed by atoms with Crippen molar-refractivity contribution in [3.63, 3.8) is 0 Å². The van der Waals surface area contributed by atoms with E-state index in [4.69, 9.17) is 4.74 Å². The Morgan fingerprint density at radius 1 is 1.50 bits per heavy atom. The van der Waals surface area contributed by atoms with Gasteiger partial charge in [-0.05, 0) is 38.3 Å². The third-order valence-corrected chi connectivity index (χ3v) is 3.10. The fourth-order valence-electron chi connectivity index (χ4n) is 2.05. The summed E-state index contributed by atoms with van der Waals surface area (Å²) in [6.07, 6.45) is 4.27. The van der Waals surface area contributed by atoms with Crippen LogP contribution in [0.25, 0.3) is 0 Å². The number of aromatic nitrogens is 1. The average Bonchev–Trinajstić information content (AvgIpc) is 2.69. The minimum absolute atomic E-state index is 0.0398. The van der Waals surface area contributed by atoms with Gasteiger partial charge in [-0.15, -0.1) is 0 Å². The summed E-state index contributed by atoms with van der Waals surface area (Å²) in [7, 11) is 0. The molecule has 0 amide bonds. The second kappa shape index (κ2) is 4.93. The van der Waals surface area contributed by atoms with Gasteiger partial charge in [-0.25, -0.2) is 0 Å². The normalized spacial score (nSPS) is 24.9. The molecule has 1 atom stereocenters. The van der Waals surface area contributed by atoms with Gasteiger partial charge >= 0.3 is 0 Å². The van der Waals surface area contributed by atoms with Crippen molar-refractivity contribution in [2.45, 2.75) is 38.8 Å². The third kappa shape index (κ3) is 3.03. The molecule has 0 radical (unpaired) electrons. The van der Waals surface area contributed by atoms with Gasteiger partial charge in [0.25, 0.3) is 0 Å². The first-order valence-corrected chi connectivity index (χ1v) is 5.94. The van der Waals surface area contributed by atoms with Crippen molar-refractivity contribution < 1.29 is 4.74 Å². The summed E-state index contributed by atoms with van der Waals surface area (Å²) in [4.78, 5) is 4.28. The van der Waals surface area contributed by atoms with Crippen molar-refractivity contribution in [3.05, 3.63) is 29.6 Å². The maximum absolute atomic E-state index is 5.72. The van der Waals surface area contributed by atoms with Gasteiger partial charge in [0.2, 0.25) is 0 Å². The average molecular weight is 220 g/mol. The molecule has 1 unspecified atom stereocenters. The predicted molar refractivity (Wildman–Crippen MR) is 64.3 cm³/mol. The molecule has 16 heavy (non-hydrogen) atoms. The van der Waals surface area contributed by atoms with E-state index in [1.54, 1.807) is 0 Å². The van der Waals surface area contributed by atoms with E-state index in [1.165, 1.54) is 12.0 Å². The fourth-order valence-corrected chi connectivity index (χ4v) is 2.05. The van der Waals surface area contributed by atoms with Gasteiger partial charge in [0.15, 0.2) is 0 Å². The molecule has 0 spiro atoms. The largest absolute Gasteiger partial charge is 0.374 e. The number of hydrogen-bond acceptors (Lipinski definition) is 3. The summed E-state index contributed by atoms with van der Waals surface area (Å²) in [6.45, 7) is 6.88. The number of rotatable bonds is 4. The van der Waals surface area contributed by atoms with Crippen molar-refractivity contribution in [2.75, 3.05) is 13.2 Å². The highest BCUT2D eigenvalue weighted by Crippen LogP contribution is 2.23. The van der Waals surface area contributed by atoms with Crippen LogP contribution in [0.3, 0.4) is 0 Å². The van der Waals surface area contributed by atoms with Crippen LogP contribution in [0.15, 0.2) is 18.3 Å². The van der Waals surface area contributed by atoms with Crippen LogP contribution in [-0.2, 0) is 11.3 Å². The van der Waals surface area contributed by atoms with Crippen molar-refractivity contribution in [1.82, 2.24) is 10.3 Å². The molecule has 3 heteroatoms. The lowest BCUT2D eigenvalue weighted by Gasteiger charge is -2.23. The van der Waals surface area contributed by atoms with Gasteiger partial charge < -0.3 is 10.1 Å². The molecule has 1 fully saturated rings. The molecule has 0 bridgehead atoms. The van der Waals surface area contributed by atoms with Gasteiger partial charge in [-0.1, -0.05) is 6.07 Å². The molecular formula is C13H20N2O. The van der Waals surface area contributed by atoms with Crippen molar-refractivity contribution in [2.24, 2.45) is 0 Å². The van der Waals surface area contributed by atoms with E-state index in [-0.39, 0.29) is 5.60 Å². The summed E-state index contributed by atoms with van der Waals surface area (Å²) in [5, 5.41) is 3.44. The quantitative estimate of drug-likeness (QED) is 0.843. The summed E-state index contributed by atoms with van der Waals surface area (Å²) in [6, 6.07) is 4.16. The Morgan fingerprint density at radius 2 is 2.38 bits per heavy atom. The zero-order chi connectivity index (χ0) is 11.4. The summed E-state index contributed by atoms with van der Waals surface area (Å²) in [5.74, 6) is 0. The second-order valence-electron chi connectivity index (χ2n) is 4.81. The Kier molecular flexibility index (Phi) is 3.56. The first-order valence-electron chi connectivity index (χ1n) is 5.94. The Labute approximate surface area is 97.2 Å². The topological polar surface area (TPSA) is 34.1 Å². The summed E-state index contributed by atoms with van der Waals surface area (Å²) >= 11 is 0. The van der Waals surface area contributed by atoms with E-state index in [0.29, 0.717) is 0 Å². The molecule has 2 heterocycles. The van der Waals surface area contributed by atoms with Crippen LogP contribution in [0, 0.1) is 6.92 Å². The standard InChI is InChI=1S/C13H20N2O/c1-11-4-5-12(9-15-11)8-14-10-13(2)6-3-7-16-13/h4-5,9,14H,3,6-8,10H2,1-2H3. The monoisotopic (exact) mass is 220 g/mol.